The van der Waals surface area contributed by atoms with Crippen LogP contribution in [-0.2, 0) is 24.5 Å². The average molecular weight is 261 g/mol. The largest absolute Gasteiger partial charge is 0.462 e. The fraction of sp³-hybridized carbons (Fsp3) is 0.286. The lowest BCUT2D eigenvalue weighted by Crippen LogP contribution is -1.95. The minimum absolute atomic E-state index is 0.286. The lowest BCUT2D eigenvalue weighted by molar-refractivity contribution is 0.0920. The molecule has 0 radical (unpaired) electrons. The van der Waals surface area contributed by atoms with Crippen LogP contribution in [0.25, 0.3) is 0 Å². The zero-order chi connectivity index (χ0) is 13.1. The molecule has 3 rings (SSSR count). The zero-order valence-electron chi connectivity index (χ0n) is 10.4. The van der Waals surface area contributed by atoms with Gasteiger partial charge in [-0.1, -0.05) is 6.07 Å². The molecular formula is C14H15NO4. The highest BCUT2D eigenvalue weighted by atomic mass is 16.7. The molecule has 0 bridgehead atoms. The quantitative estimate of drug-likeness (QED) is 0.893. The molecular weight excluding hydrogens is 246 g/mol. The molecule has 0 atom stereocenters. The van der Waals surface area contributed by atoms with Gasteiger partial charge in [-0.3, -0.25) is 0 Å². The standard InChI is InChI=1S/C14H15NO4/c15-6-11-2-3-12(19-11)8-16-7-10-1-4-13-14(5-10)18-9-17-13/h1-5H,6-9,15H2. The highest BCUT2D eigenvalue weighted by molar-refractivity contribution is 5.44. The smallest absolute Gasteiger partial charge is 0.231 e. The molecule has 0 unspecified atom stereocenters. The third kappa shape index (κ3) is 2.72. The van der Waals surface area contributed by atoms with E-state index in [1.807, 2.05) is 30.3 Å². The molecule has 1 aromatic carbocycles. The second kappa shape index (κ2) is 5.34. The van der Waals surface area contributed by atoms with E-state index in [4.69, 9.17) is 24.4 Å². The van der Waals surface area contributed by atoms with E-state index < -0.39 is 0 Å². The molecule has 0 spiro atoms. The summed E-state index contributed by atoms with van der Waals surface area (Å²) in [5.74, 6) is 3.09. The molecule has 1 aliphatic rings. The van der Waals surface area contributed by atoms with Crippen molar-refractivity contribution in [2.45, 2.75) is 19.8 Å². The fourth-order valence-electron chi connectivity index (χ4n) is 1.91. The van der Waals surface area contributed by atoms with Crippen molar-refractivity contribution >= 4 is 0 Å². The monoisotopic (exact) mass is 261 g/mol. The van der Waals surface area contributed by atoms with Crippen LogP contribution in [0.2, 0.25) is 0 Å². The van der Waals surface area contributed by atoms with E-state index in [1.54, 1.807) is 0 Å². The van der Waals surface area contributed by atoms with Crippen LogP contribution in [0.1, 0.15) is 17.1 Å². The van der Waals surface area contributed by atoms with Crippen LogP contribution in [0.5, 0.6) is 11.5 Å². The summed E-state index contributed by atoms with van der Waals surface area (Å²) in [6.45, 7) is 1.61. The van der Waals surface area contributed by atoms with Crippen LogP contribution in [-0.4, -0.2) is 6.79 Å². The molecule has 5 heteroatoms. The van der Waals surface area contributed by atoms with Gasteiger partial charge in [0.25, 0.3) is 0 Å². The molecule has 0 fully saturated rings. The van der Waals surface area contributed by atoms with Crippen molar-refractivity contribution in [2.24, 2.45) is 5.73 Å². The maximum atomic E-state index is 5.59. The van der Waals surface area contributed by atoms with Gasteiger partial charge in [0.1, 0.15) is 18.1 Å². The van der Waals surface area contributed by atoms with Crippen LogP contribution >= 0.6 is 0 Å². The number of hydrogen-bond acceptors (Lipinski definition) is 5. The Morgan fingerprint density at radius 3 is 2.68 bits per heavy atom. The molecule has 2 heterocycles. The second-order valence-corrected chi connectivity index (χ2v) is 4.25. The van der Waals surface area contributed by atoms with Crippen LogP contribution in [0.4, 0.5) is 0 Å². The van der Waals surface area contributed by atoms with Crippen molar-refractivity contribution < 1.29 is 18.6 Å². The predicted molar refractivity (Wildman–Crippen MR) is 67.7 cm³/mol. The van der Waals surface area contributed by atoms with E-state index in [0.717, 1.165) is 28.6 Å². The topological polar surface area (TPSA) is 66.9 Å². The molecule has 2 aromatic rings. The van der Waals surface area contributed by atoms with Gasteiger partial charge in [-0.05, 0) is 29.8 Å². The lowest BCUT2D eigenvalue weighted by atomic mass is 10.2. The Morgan fingerprint density at radius 2 is 1.84 bits per heavy atom. The number of nitrogens with two attached hydrogens (primary N) is 1. The molecule has 2 N–H and O–H groups in total. The highest BCUT2D eigenvalue weighted by Gasteiger charge is 2.13. The van der Waals surface area contributed by atoms with Crippen molar-refractivity contribution in [3.63, 3.8) is 0 Å². The van der Waals surface area contributed by atoms with E-state index in [0.29, 0.717) is 19.8 Å². The van der Waals surface area contributed by atoms with Gasteiger partial charge in [-0.15, -0.1) is 0 Å². The molecule has 0 saturated heterocycles. The summed E-state index contributed by atoms with van der Waals surface area (Å²) in [6.07, 6.45) is 0. The SMILES string of the molecule is NCc1ccc(COCc2ccc3c(c2)OCO3)o1. The summed E-state index contributed by atoms with van der Waals surface area (Å²) in [6, 6.07) is 9.51. The maximum absolute atomic E-state index is 5.59. The molecule has 1 aliphatic heterocycles. The van der Waals surface area contributed by atoms with Crippen molar-refractivity contribution in [1.29, 1.82) is 0 Å². The van der Waals surface area contributed by atoms with E-state index >= 15 is 0 Å². The Balaban J connectivity index is 1.54. The third-order valence-electron chi connectivity index (χ3n) is 2.87. The molecule has 5 nitrogen and oxygen atoms in total. The van der Waals surface area contributed by atoms with Crippen molar-refractivity contribution in [3.8, 4) is 11.5 Å². The van der Waals surface area contributed by atoms with Crippen LogP contribution in [0.15, 0.2) is 34.7 Å². The van der Waals surface area contributed by atoms with Crippen LogP contribution < -0.4 is 15.2 Å². The predicted octanol–water partition coefficient (Wildman–Crippen LogP) is 2.18. The molecule has 0 saturated carbocycles. The first kappa shape index (κ1) is 12.1. The summed E-state index contributed by atoms with van der Waals surface area (Å²) < 4.78 is 21.6. The van der Waals surface area contributed by atoms with Crippen molar-refractivity contribution in [1.82, 2.24) is 0 Å². The molecule has 19 heavy (non-hydrogen) atoms. The third-order valence-corrected chi connectivity index (χ3v) is 2.87. The molecule has 1 aromatic heterocycles. The number of fused-ring (bicyclic) bond motifs is 1. The Bertz CT molecular complexity index is 564. The second-order valence-electron chi connectivity index (χ2n) is 4.25. The Hall–Kier alpha value is -1.98. The maximum Gasteiger partial charge on any atom is 0.231 e. The summed E-state index contributed by atoms with van der Waals surface area (Å²) >= 11 is 0. The number of furan rings is 1. The van der Waals surface area contributed by atoms with Gasteiger partial charge in [0.2, 0.25) is 6.79 Å². The number of rotatable bonds is 5. The summed E-state index contributed by atoms with van der Waals surface area (Å²) in [5.41, 5.74) is 6.51. The fourth-order valence-corrected chi connectivity index (χ4v) is 1.91. The first-order valence-corrected chi connectivity index (χ1v) is 6.09. The van der Waals surface area contributed by atoms with Crippen LogP contribution in [0.3, 0.4) is 0 Å². The van der Waals surface area contributed by atoms with Gasteiger partial charge in [0, 0.05) is 0 Å². The van der Waals surface area contributed by atoms with E-state index in [9.17, 15) is 0 Å². The van der Waals surface area contributed by atoms with Gasteiger partial charge in [-0.2, -0.15) is 0 Å². The van der Waals surface area contributed by atoms with E-state index in [-0.39, 0.29) is 6.79 Å². The first-order valence-electron chi connectivity index (χ1n) is 6.09. The Kier molecular flexibility index (Phi) is 3.39. The average Bonchev–Trinajstić information content (AvgIpc) is 3.06. The van der Waals surface area contributed by atoms with E-state index in [2.05, 4.69) is 0 Å². The van der Waals surface area contributed by atoms with Gasteiger partial charge < -0.3 is 24.4 Å². The normalized spacial score (nSPS) is 12.9. The Morgan fingerprint density at radius 1 is 1.00 bits per heavy atom. The van der Waals surface area contributed by atoms with Crippen molar-refractivity contribution in [3.05, 3.63) is 47.4 Å². The minimum atomic E-state index is 0.286. The number of hydrogen-bond donors (Lipinski definition) is 1. The summed E-state index contributed by atoms with van der Waals surface area (Å²) in [4.78, 5) is 0. The van der Waals surface area contributed by atoms with Gasteiger partial charge in [0.15, 0.2) is 11.5 Å². The van der Waals surface area contributed by atoms with Crippen LogP contribution in [0, 0.1) is 0 Å². The first-order chi connectivity index (χ1) is 9.35. The van der Waals surface area contributed by atoms with Gasteiger partial charge in [-0.25, -0.2) is 0 Å². The lowest BCUT2D eigenvalue weighted by Gasteiger charge is -2.04. The molecule has 100 valence electrons. The minimum Gasteiger partial charge on any atom is -0.462 e. The zero-order valence-corrected chi connectivity index (χ0v) is 10.4. The Labute approximate surface area is 110 Å². The van der Waals surface area contributed by atoms with Gasteiger partial charge in [0.05, 0.1) is 13.2 Å². The summed E-state index contributed by atoms with van der Waals surface area (Å²) in [5, 5.41) is 0. The molecule has 0 aliphatic carbocycles. The highest BCUT2D eigenvalue weighted by Crippen LogP contribution is 2.32. The molecule has 0 amide bonds. The number of benzene rings is 1. The van der Waals surface area contributed by atoms with E-state index in [1.165, 1.54) is 0 Å². The van der Waals surface area contributed by atoms with Gasteiger partial charge >= 0.3 is 0 Å². The van der Waals surface area contributed by atoms with Crippen molar-refractivity contribution in [2.75, 3.05) is 6.79 Å². The number of ether oxygens (including phenoxy) is 3. The summed E-state index contributed by atoms with van der Waals surface area (Å²) in [7, 11) is 0.